The third-order valence-electron chi connectivity index (χ3n) is 6.55. The zero-order valence-electron chi connectivity index (χ0n) is 19.9. The minimum absolute atomic E-state index is 0.421. The number of thiophene rings is 1. The molecular formula is C27H25N5O2S. The molecule has 0 radical (unpaired) electrons. The van der Waals surface area contributed by atoms with Crippen molar-refractivity contribution in [3.05, 3.63) is 96.3 Å². The molecule has 0 fully saturated rings. The maximum atomic E-state index is 11.6. The molecule has 8 heteroatoms. The number of aromatic nitrogens is 5. The Morgan fingerprint density at radius 2 is 2.00 bits per heavy atom. The summed E-state index contributed by atoms with van der Waals surface area (Å²) in [5, 5.41) is 3.89. The molecule has 1 N–H and O–H groups in total. The molecule has 4 aromatic heterocycles. The number of fused-ring (bicyclic) bond motifs is 3. The molecule has 35 heavy (non-hydrogen) atoms. The van der Waals surface area contributed by atoms with Gasteiger partial charge in [0.1, 0.15) is 11.3 Å². The first-order valence-electron chi connectivity index (χ1n) is 11.8. The SMILES string of the molecule is CCc1nc2c(C)cc(C)nc2n1Cc1cc2c(s1)CCc1ccccc1/C2=C\c1noc(=O)[nH]1. The van der Waals surface area contributed by atoms with Gasteiger partial charge in [0.05, 0.1) is 6.54 Å². The Hall–Kier alpha value is -3.78. The molecule has 0 saturated carbocycles. The molecule has 5 aromatic rings. The number of nitrogens with one attached hydrogen (secondary N) is 1. The van der Waals surface area contributed by atoms with Crippen LogP contribution in [0.2, 0.25) is 0 Å². The highest BCUT2D eigenvalue weighted by Gasteiger charge is 2.22. The molecule has 0 amide bonds. The normalized spacial score (nSPS) is 14.3. The fraction of sp³-hybridized carbons (Fsp3) is 0.259. The Labute approximate surface area is 206 Å². The van der Waals surface area contributed by atoms with Crippen LogP contribution in [0.25, 0.3) is 22.8 Å². The Balaban J connectivity index is 1.48. The van der Waals surface area contributed by atoms with Crippen molar-refractivity contribution in [1.29, 1.82) is 0 Å². The maximum Gasteiger partial charge on any atom is 0.439 e. The average molecular weight is 484 g/mol. The van der Waals surface area contributed by atoms with Gasteiger partial charge in [-0.05, 0) is 72.7 Å². The van der Waals surface area contributed by atoms with Crippen molar-refractivity contribution >= 4 is 34.1 Å². The number of hydrogen-bond donors (Lipinski definition) is 1. The van der Waals surface area contributed by atoms with Gasteiger partial charge in [0.15, 0.2) is 11.5 Å². The molecule has 176 valence electrons. The van der Waals surface area contributed by atoms with Crippen LogP contribution in [-0.4, -0.2) is 24.7 Å². The first-order valence-corrected chi connectivity index (χ1v) is 12.6. The summed E-state index contributed by atoms with van der Waals surface area (Å²) >= 11 is 1.84. The summed E-state index contributed by atoms with van der Waals surface area (Å²) < 4.78 is 7.01. The molecule has 1 aromatic carbocycles. The van der Waals surface area contributed by atoms with Crippen LogP contribution in [0.1, 0.15) is 56.3 Å². The minimum atomic E-state index is -0.554. The number of aromatic amines is 1. The van der Waals surface area contributed by atoms with E-state index in [1.165, 1.54) is 20.9 Å². The van der Waals surface area contributed by atoms with Gasteiger partial charge in [-0.1, -0.05) is 36.3 Å². The first kappa shape index (κ1) is 21.7. The molecule has 0 bridgehead atoms. The summed E-state index contributed by atoms with van der Waals surface area (Å²) in [5.74, 6) is 0.915. The third-order valence-corrected chi connectivity index (χ3v) is 7.73. The van der Waals surface area contributed by atoms with Crippen molar-refractivity contribution in [1.82, 2.24) is 24.7 Å². The van der Waals surface area contributed by atoms with E-state index in [2.05, 4.69) is 65.0 Å². The quantitative estimate of drug-likeness (QED) is 0.385. The number of imidazole rings is 1. The molecule has 4 heterocycles. The van der Waals surface area contributed by atoms with E-state index in [0.29, 0.717) is 5.82 Å². The van der Waals surface area contributed by atoms with Gasteiger partial charge in [-0.25, -0.2) is 14.8 Å². The van der Waals surface area contributed by atoms with Crippen LogP contribution in [0.3, 0.4) is 0 Å². The van der Waals surface area contributed by atoms with E-state index in [-0.39, 0.29) is 0 Å². The second-order valence-electron chi connectivity index (χ2n) is 8.97. The number of hydrogen-bond acceptors (Lipinski definition) is 6. The number of benzene rings is 1. The van der Waals surface area contributed by atoms with Crippen LogP contribution in [0.4, 0.5) is 0 Å². The summed E-state index contributed by atoms with van der Waals surface area (Å²) in [6.45, 7) is 7.00. The van der Waals surface area contributed by atoms with Crippen LogP contribution in [0.15, 0.2) is 45.7 Å². The largest absolute Gasteiger partial charge is 0.439 e. The fourth-order valence-corrected chi connectivity index (χ4v) is 6.18. The Kier molecular flexibility index (Phi) is 5.25. The smallest absolute Gasteiger partial charge is 0.307 e. The van der Waals surface area contributed by atoms with Gasteiger partial charge < -0.3 is 4.57 Å². The van der Waals surface area contributed by atoms with Crippen LogP contribution < -0.4 is 5.76 Å². The lowest BCUT2D eigenvalue weighted by Gasteiger charge is -2.09. The number of rotatable bonds is 4. The van der Waals surface area contributed by atoms with E-state index in [4.69, 9.17) is 14.5 Å². The van der Waals surface area contributed by atoms with E-state index >= 15 is 0 Å². The van der Waals surface area contributed by atoms with Crippen LogP contribution in [-0.2, 0) is 25.8 Å². The highest BCUT2D eigenvalue weighted by atomic mass is 32.1. The third kappa shape index (κ3) is 3.83. The van der Waals surface area contributed by atoms with E-state index in [9.17, 15) is 4.79 Å². The minimum Gasteiger partial charge on any atom is -0.307 e. The second kappa shape index (κ2) is 8.46. The highest BCUT2D eigenvalue weighted by Crippen LogP contribution is 2.39. The van der Waals surface area contributed by atoms with Gasteiger partial charge >= 0.3 is 5.76 Å². The lowest BCUT2D eigenvalue weighted by Crippen LogP contribution is -2.04. The molecule has 1 aliphatic carbocycles. The lowest BCUT2D eigenvalue weighted by molar-refractivity contribution is 0.385. The average Bonchev–Trinajstić information content (AvgIpc) is 3.51. The standard InChI is InChI=1S/C27H25N5O2S/c1-4-24-30-25-15(2)11-16(3)28-26(25)32(24)14-18-12-21-20(13-23-29-27(33)34-31-23)19-8-6-5-7-17(19)9-10-22(21)35-18/h5-8,11-13H,4,9-10,14H2,1-3H3,(H,29,31,33)/b20-13+. The summed E-state index contributed by atoms with van der Waals surface area (Å²) in [4.78, 5) is 26.6. The lowest BCUT2D eigenvalue weighted by atomic mass is 9.95. The summed E-state index contributed by atoms with van der Waals surface area (Å²) in [6.07, 6.45) is 4.69. The molecule has 0 aliphatic heterocycles. The van der Waals surface area contributed by atoms with Gasteiger partial charge in [-0.15, -0.1) is 11.3 Å². The molecular weight excluding hydrogens is 458 g/mol. The molecule has 1 aliphatic rings. The van der Waals surface area contributed by atoms with Crippen LogP contribution in [0.5, 0.6) is 0 Å². The van der Waals surface area contributed by atoms with Crippen molar-refractivity contribution < 1.29 is 4.52 Å². The summed E-state index contributed by atoms with van der Waals surface area (Å²) in [7, 11) is 0. The van der Waals surface area contributed by atoms with E-state index in [0.717, 1.165) is 65.2 Å². The second-order valence-corrected chi connectivity index (χ2v) is 10.2. The number of nitrogens with zero attached hydrogens (tertiary/aromatic N) is 4. The number of H-pyrrole nitrogens is 1. The topological polar surface area (TPSA) is 89.6 Å². The van der Waals surface area contributed by atoms with Gasteiger partial charge in [-0.2, -0.15) is 0 Å². The molecule has 7 nitrogen and oxygen atoms in total. The highest BCUT2D eigenvalue weighted by molar-refractivity contribution is 7.12. The van der Waals surface area contributed by atoms with Gasteiger partial charge in [-0.3, -0.25) is 9.51 Å². The predicted octanol–water partition coefficient (Wildman–Crippen LogP) is 5.08. The van der Waals surface area contributed by atoms with E-state index in [1.807, 2.05) is 24.3 Å². The molecule has 0 saturated heterocycles. The van der Waals surface area contributed by atoms with Crippen molar-refractivity contribution in [2.24, 2.45) is 0 Å². The van der Waals surface area contributed by atoms with Crippen molar-refractivity contribution in [2.75, 3.05) is 0 Å². The van der Waals surface area contributed by atoms with Gasteiger partial charge in [0.2, 0.25) is 0 Å². The van der Waals surface area contributed by atoms with Gasteiger partial charge in [0.25, 0.3) is 0 Å². The van der Waals surface area contributed by atoms with Crippen LogP contribution >= 0.6 is 11.3 Å². The predicted molar refractivity (Wildman–Crippen MR) is 138 cm³/mol. The van der Waals surface area contributed by atoms with Crippen molar-refractivity contribution in [2.45, 2.75) is 46.6 Å². The Morgan fingerprint density at radius 1 is 1.14 bits per heavy atom. The number of aryl methyl sites for hydroxylation is 5. The zero-order valence-corrected chi connectivity index (χ0v) is 20.7. The maximum absolute atomic E-state index is 11.6. The molecule has 0 unspecified atom stereocenters. The monoisotopic (exact) mass is 483 g/mol. The Bertz CT molecular complexity index is 1670. The molecule has 0 spiro atoms. The van der Waals surface area contributed by atoms with Crippen molar-refractivity contribution in [3.8, 4) is 0 Å². The molecule has 0 atom stereocenters. The van der Waals surface area contributed by atoms with Gasteiger partial charge in [0, 0.05) is 21.9 Å². The first-order chi connectivity index (χ1) is 17.0. The summed E-state index contributed by atoms with van der Waals surface area (Å²) in [6, 6.07) is 12.8. The van der Waals surface area contributed by atoms with Crippen molar-refractivity contribution in [3.63, 3.8) is 0 Å². The molecule has 6 rings (SSSR count). The van der Waals surface area contributed by atoms with Crippen LogP contribution in [0, 0.1) is 13.8 Å². The number of pyridine rings is 1. The summed E-state index contributed by atoms with van der Waals surface area (Å²) in [5.41, 5.74) is 8.78. The fourth-order valence-electron chi connectivity index (χ4n) is 5.01. The van der Waals surface area contributed by atoms with E-state index in [1.54, 1.807) is 0 Å². The zero-order chi connectivity index (χ0) is 24.1. The van der Waals surface area contributed by atoms with E-state index < -0.39 is 5.76 Å². The Morgan fingerprint density at radius 3 is 2.80 bits per heavy atom.